The molecule has 3 rings (SSSR count). The lowest BCUT2D eigenvalue weighted by Crippen LogP contribution is -1.95. The third kappa shape index (κ3) is 3.59. The van der Waals surface area contributed by atoms with Crippen molar-refractivity contribution in [2.75, 3.05) is 14.2 Å². The Morgan fingerprint density at radius 3 is 2.46 bits per heavy atom. The number of carboxylic acid groups (broad SMARTS) is 1. The fourth-order valence-corrected chi connectivity index (χ4v) is 2.59. The van der Waals surface area contributed by atoms with Gasteiger partial charge in [0.2, 0.25) is 0 Å². The topological polar surface area (TPSA) is 73.6 Å². The van der Waals surface area contributed by atoms with Gasteiger partial charge in [-0.05, 0) is 36.4 Å². The van der Waals surface area contributed by atoms with Gasteiger partial charge in [-0.15, -0.1) is 0 Å². The molecule has 0 radical (unpaired) electrons. The van der Waals surface area contributed by atoms with Crippen molar-refractivity contribution in [3.8, 4) is 28.4 Å². The number of methoxy groups -OCH3 is 2. The number of aromatic nitrogens is 2. The van der Waals surface area contributed by atoms with Gasteiger partial charge in [-0.25, -0.2) is 9.48 Å². The molecule has 0 saturated heterocycles. The van der Waals surface area contributed by atoms with Crippen molar-refractivity contribution in [3.63, 3.8) is 0 Å². The fourth-order valence-electron chi connectivity index (χ4n) is 2.59. The lowest BCUT2D eigenvalue weighted by Gasteiger charge is -2.09. The monoisotopic (exact) mass is 350 g/mol. The molecule has 0 bridgehead atoms. The van der Waals surface area contributed by atoms with Crippen molar-refractivity contribution >= 4 is 12.0 Å². The van der Waals surface area contributed by atoms with E-state index in [2.05, 4.69) is 5.10 Å². The highest BCUT2D eigenvalue weighted by Gasteiger charge is 2.13. The first-order chi connectivity index (χ1) is 12.6. The van der Waals surface area contributed by atoms with Gasteiger partial charge in [0.05, 0.1) is 19.9 Å². The van der Waals surface area contributed by atoms with Crippen molar-refractivity contribution in [1.29, 1.82) is 0 Å². The SMILES string of the molecule is COc1ccc(-c2nn(-c3ccccc3)cc2C=CC(=O)O)cc1OC. The smallest absolute Gasteiger partial charge is 0.328 e. The summed E-state index contributed by atoms with van der Waals surface area (Å²) in [5, 5.41) is 13.6. The standard InChI is InChI=1S/C20H18N2O4/c1-25-17-10-8-14(12-18(17)26-2)20-15(9-11-19(23)24)13-22(21-20)16-6-4-3-5-7-16/h3-13H,1-2H3,(H,23,24). The average molecular weight is 350 g/mol. The van der Waals surface area contributed by atoms with Crippen molar-refractivity contribution in [3.05, 3.63) is 66.4 Å². The van der Waals surface area contributed by atoms with Crippen LogP contribution in [0.15, 0.2) is 60.8 Å². The van der Waals surface area contributed by atoms with Gasteiger partial charge in [0.25, 0.3) is 0 Å². The summed E-state index contributed by atoms with van der Waals surface area (Å²) in [6, 6.07) is 15.1. The molecule has 3 aromatic rings. The zero-order chi connectivity index (χ0) is 18.5. The van der Waals surface area contributed by atoms with Gasteiger partial charge in [0.1, 0.15) is 5.69 Å². The van der Waals surface area contributed by atoms with Crippen LogP contribution in [-0.4, -0.2) is 35.1 Å². The Kier molecular flexibility index (Phi) is 5.03. The second kappa shape index (κ2) is 7.57. The Hall–Kier alpha value is -3.54. The molecule has 0 saturated carbocycles. The van der Waals surface area contributed by atoms with E-state index in [-0.39, 0.29) is 0 Å². The lowest BCUT2D eigenvalue weighted by molar-refractivity contribution is -0.131. The number of carbonyl (C=O) groups is 1. The van der Waals surface area contributed by atoms with Crippen LogP contribution in [0, 0.1) is 0 Å². The number of hydrogen-bond donors (Lipinski definition) is 1. The zero-order valence-corrected chi connectivity index (χ0v) is 14.4. The summed E-state index contributed by atoms with van der Waals surface area (Å²) in [7, 11) is 3.14. The van der Waals surface area contributed by atoms with Crippen LogP contribution < -0.4 is 9.47 Å². The van der Waals surface area contributed by atoms with Crippen molar-refractivity contribution < 1.29 is 19.4 Å². The van der Waals surface area contributed by atoms with Crippen LogP contribution in [0.3, 0.4) is 0 Å². The van der Waals surface area contributed by atoms with E-state index in [0.29, 0.717) is 22.8 Å². The maximum absolute atomic E-state index is 10.9. The number of rotatable bonds is 6. The van der Waals surface area contributed by atoms with Crippen molar-refractivity contribution in [2.24, 2.45) is 0 Å². The molecule has 0 unspecified atom stereocenters. The molecule has 1 aromatic heterocycles. The summed E-state index contributed by atoms with van der Waals surface area (Å²) in [6.45, 7) is 0. The first-order valence-electron chi connectivity index (χ1n) is 7.91. The summed E-state index contributed by atoms with van der Waals surface area (Å²) in [5.74, 6) is 0.171. The first-order valence-corrected chi connectivity index (χ1v) is 7.91. The minimum atomic E-state index is -1.02. The normalized spacial score (nSPS) is 10.8. The van der Waals surface area contributed by atoms with E-state index in [0.717, 1.165) is 17.3 Å². The van der Waals surface area contributed by atoms with Gasteiger partial charge in [-0.1, -0.05) is 18.2 Å². The summed E-state index contributed by atoms with van der Waals surface area (Å²) in [6.07, 6.45) is 4.41. The molecule has 2 aromatic carbocycles. The number of benzene rings is 2. The van der Waals surface area contributed by atoms with E-state index in [1.54, 1.807) is 31.2 Å². The van der Waals surface area contributed by atoms with E-state index >= 15 is 0 Å². The summed E-state index contributed by atoms with van der Waals surface area (Å²) in [5.41, 5.74) is 3.00. The molecule has 1 heterocycles. The van der Waals surface area contributed by atoms with E-state index < -0.39 is 5.97 Å². The van der Waals surface area contributed by atoms with Crippen LogP contribution in [0.1, 0.15) is 5.56 Å². The number of carboxylic acids is 1. The third-order valence-corrected chi connectivity index (χ3v) is 3.83. The molecule has 1 N–H and O–H groups in total. The Labute approximate surface area is 150 Å². The van der Waals surface area contributed by atoms with Crippen LogP contribution >= 0.6 is 0 Å². The van der Waals surface area contributed by atoms with E-state index in [4.69, 9.17) is 14.6 Å². The van der Waals surface area contributed by atoms with Gasteiger partial charge >= 0.3 is 5.97 Å². The van der Waals surface area contributed by atoms with Crippen LogP contribution in [-0.2, 0) is 4.79 Å². The second-order valence-corrected chi connectivity index (χ2v) is 5.45. The molecule has 0 aliphatic carbocycles. The molecule has 0 atom stereocenters. The molecule has 0 aliphatic heterocycles. The maximum Gasteiger partial charge on any atom is 0.328 e. The Balaban J connectivity index is 2.13. The molecular formula is C20H18N2O4. The lowest BCUT2D eigenvalue weighted by atomic mass is 10.1. The maximum atomic E-state index is 10.9. The summed E-state index contributed by atoms with van der Waals surface area (Å²) < 4.78 is 12.3. The quantitative estimate of drug-likeness (QED) is 0.687. The highest BCUT2D eigenvalue weighted by molar-refractivity contribution is 5.87. The number of aliphatic carboxylic acids is 1. The Morgan fingerprint density at radius 2 is 1.81 bits per heavy atom. The van der Waals surface area contributed by atoms with Gasteiger partial charge in [0.15, 0.2) is 11.5 Å². The molecule has 0 fully saturated rings. The van der Waals surface area contributed by atoms with Gasteiger partial charge in [-0.2, -0.15) is 5.10 Å². The number of ether oxygens (including phenoxy) is 2. The number of hydrogen-bond acceptors (Lipinski definition) is 4. The molecular weight excluding hydrogens is 332 g/mol. The summed E-state index contributed by atoms with van der Waals surface area (Å²) in [4.78, 5) is 10.9. The largest absolute Gasteiger partial charge is 0.493 e. The van der Waals surface area contributed by atoms with Crippen molar-refractivity contribution in [1.82, 2.24) is 9.78 Å². The minimum absolute atomic E-state index is 0.576. The molecule has 132 valence electrons. The molecule has 0 amide bonds. The van der Waals surface area contributed by atoms with Gasteiger partial charge in [0, 0.05) is 23.4 Å². The van der Waals surface area contributed by atoms with Crippen LogP contribution in [0.5, 0.6) is 11.5 Å². The Morgan fingerprint density at radius 1 is 1.08 bits per heavy atom. The second-order valence-electron chi connectivity index (χ2n) is 5.45. The predicted molar refractivity (Wildman–Crippen MR) is 98.8 cm³/mol. The summed E-state index contributed by atoms with van der Waals surface area (Å²) >= 11 is 0. The number of para-hydroxylation sites is 1. The van der Waals surface area contributed by atoms with Gasteiger partial charge in [-0.3, -0.25) is 0 Å². The predicted octanol–water partition coefficient (Wildman–Crippen LogP) is 3.65. The molecule has 26 heavy (non-hydrogen) atoms. The Bertz CT molecular complexity index is 946. The minimum Gasteiger partial charge on any atom is -0.493 e. The highest BCUT2D eigenvalue weighted by atomic mass is 16.5. The molecule has 0 spiro atoms. The van der Waals surface area contributed by atoms with E-state index in [1.807, 2.05) is 42.5 Å². The zero-order valence-electron chi connectivity index (χ0n) is 14.4. The molecule has 0 aliphatic rings. The van der Waals surface area contributed by atoms with Crippen LogP contribution in [0.25, 0.3) is 23.0 Å². The van der Waals surface area contributed by atoms with Crippen LogP contribution in [0.2, 0.25) is 0 Å². The van der Waals surface area contributed by atoms with Crippen LogP contribution in [0.4, 0.5) is 0 Å². The van der Waals surface area contributed by atoms with Gasteiger partial charge < -0.3 is 14.6 Å². The number of nitrogens with zero attached hydrogens (tertiary/aromatic N) is 2. The van der Waals surface area contributed by atoms with Crippen molar-refractivity contribution in [2.45, 2.75) is 0 Å². The molecule has 6 nitrogen and oxygen atoms in total. The average Bonchev–Trinajstić information content (AvgIpc) is 3.10. The van der Waals surface area contributed by atoms with E-state index in [9.17, 15) is 4.79 Å². The third-order valence-electron chi connectivity index (χ3n) is 3.83. The van der Waals surface area contributed by atoms with E-state index in [1.165, 1.54) is 6.08 Å². The highest BCUT2D eigenvalue weighted by Crippen LogP contribution is 2.33. The molecule has 6 heteroatoms. The fraction of sp³-hybridized carbons (Fsp3) is 0.100. The first kappa shape index (κ1) is 17.3.